The maximum absolute atomic E-state index is 4.69. The van der Waals surface area contributed by atoms with Crippen molar-refractivity contribution in [1.82, 2.24) is 19.8 Å². The fourth-order valence-electron chi connectivity index (χ4n) is 4.37. The lowest BCUT2D eigenvalue weighted by Gasteiger charge is -2.10. The number of hydrazone groups is 1. The molecule has 0 saturated heterocycles. The van der Waals surface area contributed by atoms with Gasteiger partial charge in [-0.05, 0) is 41.7 Å². The van der Waals surface area contributed by atoms with Crippen molar-refractivity contribution in [3.8, 4) is 0 Å². The summed E-state index contributed by atoms with van der Waals surface area (Å²) >= 11 is 0. The number of hydrogen-bond donors (Lipinski definition) is 1. The molecule has 1 aliphatic rings. The zero-order chi connectivity index (χ0) is 19.4. The van der Waals surface area contributed by atoms with Crippen molar-refractivity contribution in [3.05, 3.63) is 77.6 Å². The van der Waals surface area contributed by atoms with Crippen LogP contribution in [0.1, 0.15) is 23.6 Å². The van der Waals surface area contributed by atoms with Gasteiger partial charge in [-0.25, -0.2) is 0 Å². The lowest BCUT2D eigenvalue weighted by Crippen LogP contribution is -2.04. The molecule has 0 spiro atoms. The standard InChI is InChI=1S/C23H18N6/c1-14(17-12-11-16-10-9-15-5-4-8-18(17)21(15)16)25-26-22-19-6-2-3-7-20(19)23-27-24-13-29(23)28-22/h2-8,11-13H,9-10H2,1H3,(H,26,28). The van der Waals surface area contributed by atoms with Crippen molar-refractivity contribution in [2.75, 3.05) is 5.43 Å². The molecule has 6 heteroatoms. The Morgan fingerprint density at radius 3 is 2.62 bits per heavy atom. The predicted octanol–water partition coefficient (Wildman–Crippen LogP) is 4.37. The second kappa shape index (κ2) is 6.10. The predicted molar refractivity (Wildman–Crippen MR) is 115 cm³/mol. The molecule has 1 N–H and O–H groups in total. The first-order valence-electron chi connectivity index (χ1n) is 9.72. The van der Waals surface area contributed by atoms with Crippen LogP contribution in [0.4, 0.5) is 5.82 Å². The third kappa shape index (κ3) is 2.42. The fraction of sp³-hybridized carbons (Fsp3) is 0.130. The summed E-state index contributed by atoms with van der Waals surface area (Å²) in [4.78, 5) is 0. The summed E-state index contributed by atoms with van der Waals surface area (Å²) in [7, 11) is 0. The molecule has 5 aromatic rings. The molecule has 3 aromatic carbocycles. The summed E-state index contributed by atoms with van der Waals surface area (Å²) in [6.45, 7) is 2.03. The smallest absolute Gasteiger partial charge is 0.185 e. The molecule has 2 aromatic heterocycles. The van der Waals surface area contributed by atoms with Crippen molar-refractivity contribution in [1.29, 1.82) is 0 Å². The minimum atomic E-state index is 0.679. The average Bonchev–Trinajstić information content (AvgIpc) is 3.40. The van der Waals surface area contributed by atoms with E-state index in [1.54, 1.807) is 10.8 Å². The summed E-state index contributed by atoms with van der Waals surface area (Å²) in [5.41, 5.74) is 8.86. The number of benzene rings is 3. The molecule has 0 amide bonds. The van der Waals surface area contributed by atoms with Crippen LogP contribution < -0.4 is 5.43 Å². The Kier molecular flexibility index (Phi) is 3.41. The van der Waals surface area contributed by atoms with Gasteiger partial charge in [0.25, 0.3) is 0 Å². The highest BCUT2D eigenvalue weighted by molar-refractivity contribution is 6.12. The lowest BCUT2D eigenvalue weighted by atomic mass is 9.98. The van der Waals surface area contributed by atoms with E-state index < -0.39 is 0 Å². The van der Waals surface area contributed by atoms with Crippen molar-refractivity contribution in [3.63, 3.8) is 0 Å². The molecule has 0 saturated carbocycles. The van der Waals surface area contributed by atoms with E-state index in [0.29, 0.717) is 5.82 Å². The van der Waals surface area contributed by atoms with Crippen molar-refractivity contribution in [2.45, 2.75) is 19.8 Å². The first-order chi connectivity index (χ1) is 14.3. The van der Waals surface area contributed by atoms with Crippen LogP contribution in [-0.4, -0.2) is 25.5 Å². The Labute approximate surface area is 166 Å². The van der Waals surface area contributed by atoms with Crippen LogP contribution in [0, 0.1) is 0 Å². The Morgan fingerprint density at radius 1 is 0.931 bits per heavy atom. The lowest BCUT2D eigenvalue weighted by molar-refractivity contribution is 0.934. The van der Waals surface area contributed by atoms with Crippen LogP contribution in [0.5, 0.6) is 0 Å². The number of aromatic nitrogens is 4. The summed E-state index contributed by atoms with van der Waals surface area (Å²) in [6.07, 6.45) is 3.85. The highest BCUT2D eigenvalue weighted by Gasteiger charge is 2.17. The molecule has 0 radical (unpaired) electrons. The molecule has 0 unspecified atom stereocenters. The van der Waals surface area contributed by atoms with E-state index in [4.69, 9.17) is 0 Å². The second-order valence-corrected chi connectivity index (χ2v) is 7.41. The number of nitrogens with zero attached hydrogens (tertiary/aromatic N) is 5. The highest BCUT2D eigenvalue weighted by Crippen LogP contribution is 2.33. The molecular formula is C23H18N6. The number of fused-ring (bicyclic) bond motifs is 3. The van der Waals surface area contributed by atoms with E-state index in [9.17, 15) is 0 Å². The van der Waals surface area contributed by atoms with Gasteiger partial charge >= 0.3 is 0 Å². The van der Waals surface area contributed by atoms with E-state index in [1.165, 1.54) is 21.9 Å². The minimum absolute atomic E-state index is 0.679. The summed E-state index contributed by atoms with van der Waals surface area (Å²) in [5.74, 6) is 0.679. The van der Waals surface area contributed by atoms with Crippen LogP contribution in [0.15, 0.2) is 66.0 Å². The number of hydrogen-bond acceptors (Lipinski definition) is 5. The van der Waals surface area contributed by atoms with Gasteiger partial charge in [0, 0.05) is 16.3 Å². The Balaban J connectivity index is 1.46. The normalized spacial score (nSPS) is 13.6. The molecule has 0 atom stereocenters. The monoisotopic (exact) mass is 378 g/mol. The van der Waals surface area contributed by atoms with E-state index in [2.05, 4.69) is 56.2 Å². The van der Waals surface area contributed by atoms with Gasteiger partial charge in [-0.1, -0.05) is 54.6 Å². The van der Waals surface area contributed by atoms with Crippen LogP contribution >= 0.6 is 0 Å². The average molecular weight is 378 g/mol. The molecule has 6 nitrogen and oxygen atoms in total. The highest BCUT2D eigenvalue weighted by atomic mass is 15.4. The maximum Gasteiger partial charge on any atom is 0.185 e. The Hall–Kier alpha value is -3.80. The summed E-state index contributed by atoms with van der Waals surface area (Å²) in [6, 6.07) is 19.0. The van der Waals surface area contributed by atoms with Gasteiger partial charge in [-0.3, -0.25) is 5.43 Å². The van der Waals surface area contributed by atoms with E-state index >= 15 is 0 Å². The van der Waals surface area contributed by atoms with Gasteiger partial charge in [0.05, 0.1) is 5.71 Å². The number of rotatable bonds is 3. The first kappa shape index (κ1) is 16.2. The molecule has 2 heterocycles. The maximum atomic E-state index is 4.69. The Bertz CT molecular complexity index is 1440. The van der Waals surface area contributed by atoms with Crippen LogP contribution in [0.3, 0.4) is 0 Å². The molecule has 0 fully saturated rings. The van der Waals surface area contributed by atoms with Crippen LogP contribution in [0.25, 0.3) is 27.2 Å². The second-order valence-electron chi connectivity index (χ2n) is 7.41. The molecule has 0 aliphatic heterocycles. The van der Waals surface area contributed by atoms with Gasteiger partial charge in [0.15, 0.2) is 11.5 Å². The van der Waals surface area contributed by atoms with Crippen molar-refractivity contribution in [2.24, 2.45) is 5.10 Å². The zero-order valence-electron chi connectivity index (χ0n) is 15.9. The van der Waals surface area contributed by atoms with E-state index in [0.717, 1.165) is 40.5 Å². The quantitative estimate of drug-likeness (QED) is 0.374. The van der Waals surface area contributed by atoms with Gasteiger partial charge in [0.1, 0.15) is 6.33 Å². The van der Waals surface area contributed by atoms with Crippen LogP contribution in [-0.2, 0) is 12.8 Å². The topological polar surface area (TPSA) is 67.5 Å². The zero-order valence-corrected chi connectivity index (χ0v) is 15.9. The molecule has 29 heavy (non-hydrogen) atoms. The van der Waals surface area contributed by atoms with Crippen molar-refractivity contribution < 1.29 is 0 Å². The third-order valence-electron chi connectivity index (χ3n) is 5.76. The largest absolute Gasteiger partial charge is 0.259 e. The molecule has 0 bridgehead atoms. The Morgan fingerprint density at radius 2 is 1.72 bits per heavy atom. The van der Waals surface area contributed by atoms with Gasteiger partial charge in [-0.2, -0.15) is 9.62 Å². The SMILES string of the molecule is CC(=NNc1nn2cnnc2c2ccccc12)c1ccc2c3c(cccc13)CC2. The minimum Gasteiger partial charge on any atom is -0.259 e. The number of nitrogens with one attached hydrogen (secondary N) is 1. The van der Waals surface area contributed by atoms with E-state index in [-0.39, 0.29) is 0 Å². The third-order valence-corrected chi connectivity index (χ3v) is 5.76. The van der Waals surface area contributed by atoms with E-state index in [1.807, 2.05) is 31.2 Å². The number of aryl methyl sites for hydroxylation is 2. The molecule has 140 valence electrons. The summed E-state index contributed by atoms with van der Waals surface area (Å²) in [5, 5.41) is 22.1. The molecule has 1 aliphatic carbocycles. The fourth-order valence-corrected chi connectivity index (χ4v) is 4.37. The molecular weight excluding hydrogens is 360 g/mol. The number of anilines is 1. The van der Waals surface area contributed by atoms with Crippen LogP contribution in [0.2, 0.25) is 0 Å². The van der Waals surface area contributed by atoms with Gasteiger partial charge < -0.3 is 0 Å². The first-order valence-corrected chi connectivity index (χ1v) is 9.72. The van der Waals surface area contributed by atoms with Crippen molar-refractivity contribution >= 4 is 38.7 Å². The molecule has 6 rings (SSSR count). The van der Waals surface area contributed by atoms with Gasteiger partial charge in [-0.15, -0.1) is 15.3 Å². The summed E-state index contributed by atoms with van der Waals surface area (Å²) < 4.78 is 1.68. The van der Waals surface area contributed by atoms with Gasteiger partial charge in [0.2, 0.25) is 0 Å².